The minimum absolute atomic E-state index is 0.00859. The number of hydrogen-bond donors (Lipinski definition) is 3. The van der Waals surface area contributed by atoms with E-state index in [4.69, 9.17) is 0 Å². The van der Waals surface area contributed by atoms with Gasteiger partial charge >= 0.3 is 0 Å². The van der Waals surface area contributed by atoms with Crippen LogP contribution in [-0.2, 0) is 4.79 Å². The lowest BCUT2D eigenvalue weighted by atomic mass is 10.1. The van der Waals surface area contributed by atoms with Gasteiger partial charge in [-0.3, -0.25) is 9.59 Å². The third-order valence-electron chi connectivity index (χ3n) is 3.07. The van der Waals surface area contributed by atoms with Gasteiger partial charge in [-0.25, -0.2) is 0 Å². The van der Waals surface area contributed by atoms with Crippen LogP contribution in [0.2, 0.25) is 0 Å². The van der Waals surface area contributed by atoms with E-state index in [-0.39, 0.29) is 17.7 Å². The van der Waals surface area contributed by atoms with E-state index in [0.29, 0.717) is 18.7 Å². The van der Waals surface area contributed by atoms with E-state index >= 15 is 0 Å². The molecule has 0 saturated carbocycles. The molecule has 0 spiro atoms. The fourth-order valence-electron chi connectivity index (χ4n) is 1.94. The largest absolute Gasteiger partial charge is 0.361 e. The van der Waals surface area contributed by atoms with E-state index in [1.807, 2.05) is 38.2 Å². The molecule has 5 nitrogen and oxygen atoms in total. The second kappa shape index (κ2) is 6.23. The summed E-state index contributed by atoms with van der Waals surface area (Å²) < 4.78 is 0. The Kier molecular flexibility index (Phi) is 4.40. The number of benzene rings is 1. The van der Waals surface area contributed by atoms with Gasteiger partial charge in [0, 0.05) is 30.6 Å². The highest BCUT2D eigenvalue weighted by atomic mass is 16.2. The molecule has 106 valence electrons. The van der Waals surface area contributed by atoms with E-state index in [0.717, 1.165) is 10.9 Å². The van der Waals surface area contributed by atoms with Crippen molar-refractivity contribution in [1.29, 1.82) is 0 Å². The summed E-state index contributed by atoms with van der Waals surface area (Å²) in [5, 5.41) is 6.57. The second-order valence-electron chi connectivity index (χ2n) is 4.95. The van der Waals surface area contributed by atoms with Gasteiger partial charge in [-0.05, 0) is 12.1 Å². The number of fused-ring (bicyclic) bond motifs is 1. The summed E-state index contributed by atoms with van der Waals surface area (Å²) in [7, 11) is 0. The number of nitrogens with one attached hydrogen (secondary N) is 3. The Morgan fingerprint density at radius 2 is 1.90 bits per heavy atom. The number of rotatable bonds is 5. The zero-order valence-corrected chi connectivity index (χ0v) is 11.7. The molecule has 0 aliphatic rings. The maximum Gasteiger partial charge on any atom is 0.253 e. The molecule has 0 unspecified atom stereocenters. The highest BCUT2D eigenvalue weighted by molar-refractivity contribution is 6.05. The molecule has 20 heavy (non-hydrogen) atoms. The summed E-state index contributed by atoms with van der Waals surface area (Å²) >= 11 is 0. The van der Waals surface area contributed by atoms with Gasteiger partial charge in [0.1, 0.15) is 0 Å². The zero-order valence-electron chi connectivity index (χ0n) is 11.7. The van der Waals surface area contributed by atoms with Gasteiger partial charge in [-0.1, -0.05) is 26.0 Å². The molecular weight excluding hydrogens is 254 g/mol. The Balaban J connectivity index is 1.89. The normalized spacial score (nSPS) is 10.8. The third-order valence-corrected chi connectivity index (χ3v) is 3.07. The van der Waals surface area contributed by atoms with Gasteiger partial charge in [-0.15, -0.1) is 0 Å². The summed E-state index contributed by atoms with van der Waals surface area (Å²) in [6, 6.07) is 7.51. The Hall–Kier alpha value is -2.30. The Labute approximate surface area is 117 Å². The zero-order chi connectivity index (χ0) is 14.5. The van der Waals surface area contributed by atoms with Crippen LogP contribution in [0.5, 0.6) is 0 Å². The van der Waals surface area contributed by atoms with Crippen LogP contribution in [0.25, 0.3) is 10.9 Å². The lowest BCUT2D eigenvalue weighted by Crippen LogP contribution is -2.36. The minimum Gasteiger partial charge on any atom is -0.361 e. The first kappa shape index (κ1) is 14.1. The van der Waals surface area contributed by atoms with E-state index in [2.05, 4.69) is 15.6 Å². The van der Waals surface area contributed by atoms with Crippen LogP contribution >= 0.6 is 0 Å². The maximum atomic E-state index is 12.1. The quantitative estimate of drug-likeness (QED) is 0.725. The fourth-order valence-corrected chi connectivity index (χ4v) is 1.94. The van der Waals surface area contributed by atoms with Crippen molar-refractivity contribution in [2.75, 3.05) is 13.1 Å². The summed E-state index contributed by atoms with van der Waals surface area (Å²) in [5.41, 5.74) is 1.44. The van der Waals surface area contributed by atoms with Gasteiger partial charge in [0.05, 0.1) is 11.1 Å². The summed E-state index contributed by atoms with van der Waals surface area (Å²) in [4.78, 5) is 26.5. The smallest absolute Gasteiger partial charge is 0.253 e. The Bertz CT molecular complexity index is 616. The molecular formula is C15H19N3O2. The highest BCUT2D eigenvalue weighted by Crippen LogP contribution is 2.16. The molecule has 2 rings (SSSR count). The van der Waals surface area contributed by atoms with Crippen LogP contribution in [-0.4, -0.2) is 29.9 Å². The van der Waals surface area contributed by atoms with Gasteiger partial charge in [0.15, 0.2) is 0 Å². The fraction of sp³-hybridized carbons (Fsp3) is 0.333. The van der Waals surface area contributed by atoms with E-state index in [1.165, 1.54) is 0 Å². The predicted molar refractivity (Wildman–Crippen MR) is 78.5 cm³/mol. The molecule has 0 bridgehead atoms. The molecule has 0 radical (unpaired) electrons. The first-order chi connectivity index (χ1) is 9.59. The third kappa shape index (κ3) is 3.17. The van der Waals surface area contributed by atoms with Crippen molar-refractivity contribution in [1.82, 2.24) is 15.6 Å². The topological polar surface area (TPSA) is 74.0 Å². The number of hydrogen-bond acceptors (Lipinski definition) is 2. The van der Waals surface area contributed by atoms with Crippen molar-refractivity contribution in [3.63, 3.8) is 0 Å². The number of amides is 2. The number of carbonyl (C=O) groups is 2. The maximum absolute atomic E-state index is 12.1. The number of aromatic nitrogens is 1. The molecule has 0 saturated heterocycles. The summed E-state index contributed by atoms with van der Waals surface area (Å²) in [6.07, 6.45) is 1.81. The van der Waals surface area contributed by atoms with Gasteiger partial charge in [0.25, 0.3) is 5.91 Å². The van der Waals surface area contributed by atoms with Crippen LogP contribution < -0.4 is 10.6 Å². The lowest BCUT2D eigenvalue weighted by molar-refractivity contribution is -0.123. The van der Waals surface area contributed by atoms with Gasteiger partial charge in [0.2, 0.25) is 5.91 Å². The summed E-state index contributed by atoms with van der Waals surface area (Å²) in [6.45, 7) is 4.51. The van der Waals surface area contributed by atoms with Crippen molar-refractivity contribution in [3.8, 4) is 0 Å². The highest BCUT2D eigenvalue weighted by Gasteiger charge is 2.10. The number of aromatic amines is 1. The molecule has 0 aliphatic carbocycles. The molecule has 0 aliphatic heterocycles. The SMILES string of the molecule is CC(C)C(=O)NCCNC(=O)c1cccc2cc[nH]c12. The standard InChI is InChI=1S/C15H19N3O2/c1-10(2)14(19)17-8-9-18-15(20)12-5-3-4-11-6-7-16-13(11)12/h3-7,10,16H,8-9H2,1-2H3,(H,17,19)(H,18,20). The second-order valence-corrected chi connectivity index (χ2v) is 4.95. The van der Waals surface area contributed by atoms with Crippen LogP contribution in [0, 0.1) is 5.92 Å². The molecule has 0 fully saturated rings. The first-order valence-electron chi connectivity index (χ1n) is 6.71. The van der Waals surface area contributed by atoms with Crippen molar-refractivity contribution in [2.24, 2.45) is 5.92 Å². The first-order valence-corrected chi connectivity index (χ1v) is 6.71. The van der Waals surface area contributed by atoms with E-state index in [9.17, 15) is 9.59 Å². The number of carbonyl (C=O) groups excluding carboxylic acids is 2. The van der Waals surface area contributed by atoms with Crippen molar-refractivity contribution in [3.05, 3.63) is 36.0 Å². The monoisotopic (exact) mass is 273 g/mol. The number of H-pyrrole nitrogens is 1. The molecule has 2 amide bonds. The predicted octanol–water partition coefficient (Wildman–Crippen LogP) is 1.67. The number of para-hydroxylation sites is 1. The van der Waals surface area contributed by atoms with Crippen LogP contribution in [0.15, 0.2) is 30.5 Å². The average Bonchev–Trinajstić information content (AvgIpc) is 2.90. The van der Waals surface area contributed by atoms with Gasteiger partial charge < -0.3 is 15.6 Å². The molecule has 1 heterocycles. The van der Waals surface area contributed by atoms with Gasteiger partial charge in [-0.2, -0.15) is 0 Å². The van der Waals surface area contributed by atoms with Crippen molar-refractivity contribution < 1.29 is 9.59 Å². The molecule has 5 heteroatoms. The summed E-state index contributed by atoms with van der Waals surface area (Å²) in [5.74, 6) is -0.194. The molecule has 1 aromatic heterocycles. The molecule has 2 aromatic rings. The molecule has 1 aromatic carbocycles. The van der Waals surface area contributed by atoms with Crippen LogP contribution in [0.1, 0.15) is 24.2 Å². The molecule has 0 atom stereocenters. The van der Waals surface area contributed by atoms with Crippen molar-refractivity contribution >= 4 is 22.7 Å². The van der Waals surface area contributed by atoms with Crippen LogP contribution in [0.3, 0.4) is 0 Å². The lowest BCUT2D eigenvalue weighted by Gasteiger charge is -2.09. The van der Waals surface area contributed by atoms with Crippen molar-refractivity contribution in [2.45, 2.75) is 13.8 Å². The molecule has 3 N–H and O–H groups in total. The van der Waals surface area contributed by atoms with E-state index < -0.39 is 0 Å². The Morgan fingerprint density at radius 3 is 2.65 bits per heavy atom. The Morgan fingerprint density at radius 1 is 1.15 bits per heavy atom. The average molecular weight is 273 g/mol. The minimum atomic E-state index is -0.142. The van der Waals surface area contributed by atoms with Crippen LogP contribution in [0.4, 0.5) is 0 Å². The van der Waals surface area contributed by atoms with E-state index in [1.54, 1.807) is 6.07 Å².